The Morgan fingerprint density at radius 3 is 2.62 bits per heavy atom. The van der Waals surface area contributed by atoms with Crippen LogP contribution in [0.2, 0.25) is 0 Å². The van der Waals surface area contributed by atoms with E-state index in [1.54, 1.807) is 37.3 Å². The molecule has 8 nitrogen and oxygen atoms in total. The summed E-state index contributed by atoms with van der Waals surface area (Å²) in [5.41, 5.74) is 2.32. The first kappa shape index (κ1) is 21.7. The molecule has 4 rings (SSSR count). The zero-order valence-electron chi connectivity index (χ0n) is 18.8. The number of aromatic nitrogens is 1. The van der Waals surface area contributed by atoms with Crippen molar-refractivity contribution in [2.45, 2.75) is 6.54 Å². The quantitative estimate of drug-likeness (QED) is 0.535. The van der Waals surface area contributed by atoms with Crippen molar-refractivity contribution in [2.75, 3.05) is 53.2 Å². The number of amides is 1. The van der Waals surface area contributed by atoms with Crippen LogP contribution >= 0.6 is 0 Å². The van der Waals surface area contributed by atoms with Crippen LogP contribution in [0.1, 0.15) is 15.9 Å². The minimum atomic E-state index is -0.111. The second-order valence-electron chi connectivity index (χ2n) is 7.71. The van der Waals surface area contributed by atoms with Gasteiger partial charge in [0.15, 0.2) is 11.5 Å². The van der Waals surface area contributed by atoms with Gasteiger partial charge in [0.1, 0.15) is 11.6 Å². The molecule has 1 amide bonds. The highest BCUT2D eigenvalue weighted by molar-refractivity contribution is 5.95. The first-order valence-corrected chi connectivity index (χ1v) is 10.3. The molecule has 8 heteroatoms. The van der Waals surface area contributed by atoms with Gasteiger partial charge in [-0.3, -0.25) is 4.79 Å². The van der Waals surface area contributed by atoms with E-state index in [4.69, 9.17) is 23.9 Å². The molecule has 1 aliphatic rings. The van der Waals surface area contributed by atoms with Gasteiger partial charge in [0, 0.05) is 56.9 Å². The summed E-state index contributed by atoms with van der Waals surface area (Å²) in [6.07, 6.45) is 0. The first-order valence-electron chi connectivity index (χ1n) is 10.3. The zero-order chi connectivity index (χ0) is 22.7. The van der Waals surface area contributed by atoms with Gasteiger partial charge in [-0.2, -0.15) is 0 Å². The number of carbonyl (C=O) groups is 1. The van der Waals surface area contributed by atoms with Gasteiger partial charge < -0.3 is 28.7 Å². The highest BCUT2D eigenvalue weighted by Crippen LogP contribution is 2.33. The van der Waals surface area contributed by atoms with Crippen molar-refractivity contribution in [1.82, 2.24) is 9.88 Å². The topological polar surface area (TPSA) is 73.4 Å². The molecule has 0 atom stereocenters. The minimum absolute atomic E-state index is 0.111. The van der Waals surface area contributed by atoms with Gasteiger partial charge in [0.25, 0.3) is 5.91 Å². The number of rotatable bonds is 8. The van der Waals surface area contributed by atoms with Crippen LogP contribution in [-0.4, -0.2) is 64.1 Å². The number of carbonyl (C=O) groups excluding carboxylic acids is 1. The van der Waals surface area contributed by atoms with Crippen LogP contribution in [0.4, 0.5) is 5.82 Å². The maximum absolute atomic E-state index is 13.4. The van der Waals surface area contributed by atoms with E-state index in [-0.39, 0.29) is 12.7 Å². The zero-order valence-corrected chi connectivity index (χ0v) is 18.8. The number of hydrogen-bond donors (Lipinski definition) is 0. The third-order valence-electron chi connectivity index (χ3n) is 5.34. The van der Waals surface area contributed by atoms with Gasteiger partial charge in [0.05, 0.1) is 19.2 Å². The van der Waals surface area contributed by atoms with Crippen molar-refractivity contribution in [3.63, 3.8) is 0 Å². The summed E-state index contributed by atoms with van der Waals surface area (Å²) in [5, 5.41) is 0.980. The Balaban J connectivity index is 1.68. The van der Waals surface area contributed by atoms with E-state index in [2.05, 4.69) is 6.07 Å². The summed E-state index contributed by atoms with van der Waals surface area (Å²) >= 11 is 0. The lowest BCUT2D eigenvalue weighted by Gasteiger charge is -2.25. The van der Waals surface area contributed by atoms with Gasteiger partial charge in [-0.1, -0.05) is 0 Å². The maximum Gasteiger partial charge on any atom is 0.254 e. The summed E-state index contributed by atoms with van der Waals surface area (Å²) < 4.78 is 21.4. The number of anilines is 1. The smallest absolute Gasteiger partial charge is 0.254 e. The molecule has 0 aliphatic carbocycles. The number of ether oxygens (including phenoxy) is 4. The molecule has 1 aromatic heterocycles. The number of methoxy groups -OCH3 is 2. The first-order chi connectivity index (χ1) is 15.5. The van der Waals surface area contributed by atoms with Crippen molar-refractivity contribution >= 4 is 22.6 Å². The lowest BCUT2D eigenvalue weighted by atomic mass is 10.1. The molecule has 0 unspecified atom stereocenters. The Kier molecular flexibility index (Phi) is 6.32. The Labute approximate surface area is 187 Å². The summed E-state index contributed by atoms with van der Waals surface area (Å²) in [6, 6.07) is 13.1. The van der Waals surface area contributed by atoms with Gasteiger partial charge in [-0.15, -0.1) is 0 Å². The summed E-state index contributed by atoms with van der Waals surface area (Å²) in [4.78, 5) is 22.0. The van der Waals surface area contributed by atoms with Crippen molar-refractivity contribution in [1.29, 1.82) is 0 Å². The fraction of sp³-hybridized carbons (Fsp3) is 0.333. The molecule has 0 fully saturated rings. The van der Waals surface area contributed by atoms with Crippen LogP contribution < -0.4 is 19.1 Å². The predicted octanol–water partition coefficient (Wildman–Crippen LogP) is 3.33. The summed E-state index contributed by atoms with van der Waals surface area (Å²) in [7, 11) is 7.14. The normalized spacial score (nSPS) is 12.1. The molecule has 0 saturated heterocycles. The van der Waals surface area contributed by atoms with E-state index in [1.165, 1.54) is 0 Å². The third-order valence-corrected chi connectivity index (χ3v) is 5.34. The van der Waals surface area contributed by atoms with Gasteiger partial charge in [-0.25, -0.2) is 4.98 Å². The molecule has 0 saturated carbocycles. The number of benzene rings is 2. The van der Waals surface area contributed by atoms with Crippen molar-refractivity contribution < 1.29 is 23.7 Å². The van der Waals surface area contributed by atoms with Crippen LogP contribution in [0.3, 0.4) is 0 Å². The highest BCUT2D eigenvalue weighted by atomic mass is 16.7. The van der Waals surface area contributed by atoms with E-state index in [1.807, 2.05) is 37.2 Å². The average Bonchev–Trinajstić information content (AvgIpc) is 3.28. The minimum Gasteiger partial charge on any atom is -0.497 e. The molecule has 0 radical (unpaired) electrons. The second kappa shape index (κ2) is 9.32. The van der Waals surface area contributed by atoms with Crippen molar-refractivity contribution in [3.8, 4) is 17.2 Å². The van der Waals surface area contributed by atoms with Crippen LogP contribution in [-0.2, 0) is 11.3 Å². The van der Waals surface area contributed by atoms with Crippen LogP contribution in [0.5, 0.6) is 17.2 Å². The molecule has 3 aromatic rings. The molecule has 2 aromatic carbocycles. The van der Waals surface area contributed by atoms with Crippen molar-refractivity contribution in [2.24, 2.45) is 0 Å². The molecule has 0 spiro atoms. The number of pyridine rings is 1. The van der Waals surface area contributed by atoms with E-state index in [9.17, 15) is 4.79 Å². The standard InChI is InChI=1S/C24H27N3O5/c1-26(2)23-18(11-16-5-7-19(30-4)13-20(16)25-23)14-27(9-10-29-3)24(28)17-6-8-21-22(12-17)32-15-31-21/h5-8,11-13H,9-10,14-15H2,1-4H3. The molecule has 168 valence electrons. The maximum atomic E-state index is 13.4. The van der Waals surface area contributed by atoms with Gasteiger partial charge >= 0.3 is 0 Å². The van der Waals surface area contributed by atoms with Gasteiger partial charge in [-0.05, 0) is 36.4 Å². The lowest BCUT2D eigenvalue weighted by molar-refractivity contribution is 0.0680. The molecular weight excluding hydrogens is 410 g/mol. The van der Waals surface area contributed by atoms with Crippen LogP contribution in [0.15, 0.2) is 42.5 Å². The number of nitrogens with zero attached hydrogens (tertiary/aromatic N) is 3. The SMILES string of the molecule is COCCN(Cc1cc2ccc(OC)cc2nc1N(C)C)C(=O)c1ccc2c(c1)OCO2. The summed E-state index contributed by atoms with van der Waals surface area (Å²) in [5.74, 6) is 2.67. The molecule has 0 N–H and O–H groups in total. The molecular formula is C24H27N3O5. The monoisotopic (exact) mass is 437 g/mol. The summed E-state index contributed by atoms with van der Waals surface area (Å²) in [6.45, 7) is 1.42. The van der Waals surface area contributed by atoms with E-state index >= 15 is 0 Å². The lowest BCUT2D eigenvalue weighted by Crippen LogP contribution is -2.34. The van der Waals surface area contributed by atoms with E-state index in [0.29, 0.717) is 36.8 Å². The Morgan fingerprint density at radius 1 is 1.06 bits per heavy atom. The fourth-order valence-corrected chi connectivity index (χ4v) is 3.68. The Morgan fingerprint density at radius 2 is 1.88 bits per heavy atom. The average molecular weight is 437 g/mol. The van der Waals surface area contributed by atoms with E-state index in [0.717, 1.165) is 28.0 Å². The predicted molar refractivity (Wildman–Crippen MR) is 122 cm³/mol. The van der Waals surface area contributed by atoms with Crippen LogP contribution in [0.25, 0.3) is 10.9 Å². The Bertz CT molecular complexity index is 1130. The Hall–Kier alpha value is -3.52. The molecule has 32 heavy (non-hydrogen) atoms. The number of hydrogen-bond acceptors (Lipinski definition) is 7. The molecule has 1 aliphatic heterocycles. The second-order valence-corrected chi connectivity index (χ2v) is 7.71. The molecule has 2 heterocycles. The fourth-order valence-electron chi connectivity index (χ4n) is 3.68. The molecule has 0 bridgehead atoms. The van der Waals surface area contributed by atoms with Crippen LogP contribution in [0, 0.1) is 0 Å². The van der Waals surface area contributed by atoms with Crippen molar-refractivity contribution in [3.05, 3.63) is 53.6 Å². The van der Waals surface area contributed by atoms with Gasteiger partial charge in [0.2, 0.25) is 6.79 Å². The van der Waals surface area contributed by atoms with E-state index < -0.39 is 0 Å². The third kappa shape index (κ3) is 4.40. The highest BCUT2D eigenvalue weighted by Gasteiger charge is 2.22. The number of fused-ring (bicyclic) bond motifs is 2. The largest absolute Gasteiger partial charge is 0.497 e.